The van der Waals surface area contributed by atoms with Crippen molar-refractivity contribution in [1.29, 1.82) is 0 Å². The van der Waals surface area contributed by atoms with Crippen molar-refractivity contribution < 1.29 is 23.7 Å². The van der Waals surface area contributed by atoms with Gasteiger partial charge in [-0.2, -0.15) is 0 Å². The first-order chi connectivity index (χ1) is 7.00. The molecule has 0 N–H and O–H groups in total. The van der Waals surface area contributed by atoms with Crippen LogP contribution in [0.5, 0.6) is 0 Å². The Morgan fingerprint density at radius 1 is 1.47 bits per heavy atom. The molecule has 1 rings (SSSR count). The number of aldehydes is 1. The van der Waals surface area contributed by atoms with Gasteiger partial charge in [-0.15, -0.1) is 0 Å². The fourth-order valence-corrected chi connectivity index (χ4v) is 1.56. The maximum Gasteiger partial charge on any atom is 0.164 e. The molecule has 0 saturated carbocycles. The molecule has 5 nitrogen and oxygen atoms in total. The highest BCUT2D eigenvalue weighted by atomic mass is 16.8. The molecule has 88 valence electrons. The van der Waals surface area contributed by atoms with Gasteiger partial charge in [-0.1, -0.05) is 0 Å². The summed E-state index contributed by atoms with van der Waals surface area (Å²) in [5, 5.41) is 0. The fourth-order valence-electron chi connectivity index (χ4n) is 1.56. The Hall–Kier alpha value is -0.490. The van der Waals surface area contributed by atoms with Crippen LogP contribution in [-0.4, -0.2) is 44.3 Å². The molecular weight excluding hydrogens is 200 g/mol. The molecule has 1 saturated heterocycles. The minimum atomic E-state index is -0.735. The van der Waals surface area contributed by atoms with E-state index in [1.54, 1.807) is 21.0 Å². The van der Waals surface area contributed by atoms with E-state index in [-0.39, 0.29) is 19.0 Å². The van der Waals surface area contributed by atoms with Crippen LogP contribution in [0.15, 0.2) is 0 Å². The van der Waals surface area contributed by atoms with Crippen molar-refractivity contribution in [3.05, 3.63) is 0 Å². The van der Waals surface area contributed by atoms with E-state index in [1.165, 1.54) is 0 Å². The van der Waals surface area contributed by atoms with E-state index in [9.17, 15) is 4.79 Å². The van der Waals surface area contributed by atoms with E-state index in [0.29, 0.717) is 0 Å². The molecule has 1 aliphatic rings. The van der Waals surface area contributed by atoms with Crippen LogP contribution in [0.1, 0.15) is 20.8 Å². The zero-order valence-corrected chi connectivity index (χ0v) is 9.56. The van der Waals surface area contributed by atoms with Crippen molar-refractivity contribution in [3.8, 4) is 0 Å². The van der Waals surface area contributed by atoms with Gasteiger partial charge in [-0.3, -0.25) is 0 Å². The molecule has 0 aromatic carbocycles. The number of ether oxygens (including phenoxy) is 4. The van der Waals surface area contributed by atoms with E-state index >= 15 is 0 Å². The van der Waals surface area contributed by atoms with Gasteiger partial charge in [0.25, 0.3) is 0 Å². The van der Waals surface area contributed by atoms with Gasteiger partial charge in [-0.05, 0) is 20.8 Å². The highest BCUT2D eigenvalue weighted by Crippen LogP contribution is 2.29. The summed E-state index contributed by atoms with van der Waals surface area (Å²) in [5.41, 5.74) is 0. The van der Waals surface area contributed by atoms with Crippen LogP contribution in [0.3, 0.4) is 0 Å². The number of methoxy groups -OCH3 is 1. The quantitative estimate of drug-likeness (QED) is 0.502. The van der Waals surface area contributed by atoms with E-state index in [2.05, 4.69) is 0 Å². The summed E-state index contributed by atoms with van der Waals surface area (Å²) in [5.74, 6) is -0.735. The average Bonchev–Trinajstić information content (AvgIpc) is 2.50. The largest absolute Gasteiger partial charge is 0.359 e. The number of carbonyl (C=O) groups excluding carboxylic acids is 1. The molecule has 1 heterocycles. The maximum atomic E-state index is 10.8. The van der Waals surface area contributed by atoms with Gasteiger partial charge in [0.05, 0.1) is 6.10 Å². The molecule has 0 amide bonds. The molecule has 0 aromatic heterocycles. The minimum Gasteiger partial charge on any atom is -0.359 e. The van der Waals surface area contributed by atoms with Crippen LogP contribution in [-0.2, 0) is 23.7 Å². The van der Waals surface area contributed by atoms with Crippen molar-refractivity contribution in [2.24, 2.45) is 0 Å². The van der Waals surface area contributed by atoms with Crippen LogP contribution in [0, 0.1) is 0 Å². The van der Waals surface area contributed by atoms with Crippen LogP contribution >= 0.6 is 0 Å². The van der Waals surface area contributed by atoms with Crippen molar-refractivity contribution in [1.82, 2.24) is 0 Å². The predicted octanol–water partition coefficient (Wildman–Crippen LogP) is 0.714. The molecule has 1 fully saturated rings. The molecular formula is C10H18O5. The lowest BCUT2D eigenvalue weighted by atomic mass is 10.1. The molecule has 5 heteroatoms. The van der Waals surface area contributed by atoms with Gasteiger partial charge in [0.1, 0.15) is 19.0 Å². The summed E-state index contributed by atoms with van der Waals surface area (Å²) < 4.78 is 21.1. The van der Waals surface area contributed by atoms with Gasteiger partial charge in [0.15, 0.2) is 12.1 Å². The number of hydrogen-bond donors (Lipinski definition) is 0. The molecule has 0 aliphatic carbocycles. The average molecular weight is 218 g/mol. The van der Waals surface area contributed by atoms with Crippen molar-refractivity contribution in [2.75, 3.05) is 13.9 Å². The van der Waals surface area contributed by atoms with E-state index in [1.807, 2.05) is 6.92 Å². The lowest BCUT2D eigenvalue weighted by Gasteiger charge is -2.21. The summed E-state index contributed by atoms with van der Waals surface area (Å²) in [6, 6.07) is 0. The standard InChI is InChI=1S/C10H18O5/c1-7(13-6-12-4)9-8(5-11)14-10(2,3)15-9/h5,7-9H,6H2,1-4H3/t7-,8+,9+/m1/s1. The zero-order valence-electron chi connectivity index (χ0n) is 9.56. The third-order valence-electron chi connectivity index (χ3n) is 2.21. The topological polar surface area (TPSA) is 54.0 Å². The van der Waals surface area contributed by atoms with E-state index in [4.69, 9.17) is 18.9 Å². The molecule has 0 aromatic rings. The van der Waals surface area contributed by atoms with Gasteiger partial charge < -0.3 is 23.7 Å². The van der Waals surface area contributed by atoms with Gasteiger partial charge in [0, 0.05) is 7.11 Å². The Morgan fingerprint density at radius 3 is 2.67 bits per heavy atom. The Labute approximate surface area is 89.6 Å². The van der Waals surface area contributed by atoms with Crippen molar-refractivity contribution in [2.45, 2.75) is 44.9 Å². The highest BCUT2D eigenvalue weighted by Gasteiger charge is 2.44. The Bertz CT molecular complexity index is 216. The van der Waals surface area contributed by atoms with Crippen LogP contribution in [0.2, 0.25) is 0 Å². The normalized spacial score (nSPS) is 31.5. The van der Waals surface area contributed by atoms with Crippen LogP contribution in [0.4, 0.5) is 0 Å². The summed E-state index contributed by atoms with van der Waals surface area (Å²) in [6.45, 7) is 5.54. The van der Waals surface area contributed by atoms with Crippen molar-refractivity contribution in [3.63, 3.8) is 0 Å². The SMILES string of the molecule is COCO[C@H](C)[C@@H]1OC(C)(C)O[C@H]1C=O. The summed E-state index contributed by atoms with van der Waals surface area (Å²) in [6.07, 6.45) is -0.465. The summed E-state index contributed by atoms with van der Waals surface area (Å²) in [4.78, 5) is 10.8. The van der Waals surface area contributed by atoms with Crippen LogP contribution in [0.25, 0.3) is 0 Å². The fraction of sp³-hybridized carbons (Fsp3) is 0.900. The molecule has 0 unspecified atom stereocenters. The minimum absolute atomic E-state index is 0.174. The molecule has 0 bridgehead atoms. The Kier molecular flexibility index (Phi) is 4.21. The molecule has 0 spiro atoms. The monoisotopic (exact) mass is 218 g/mol. The first kappa shape index (κ1) is 12.6. The second-order valence-electron chi connectivity index (χ2n) is 3.98. The third kappa shape index (κ3) is 3.24. The third-order valence-corrected chi connectivity index (χ3v) is 2.21. The number of rotatable bonds is 5. The smallest absolute Gasteiger partial charge is 0.164 e. The van der Waals surface area contributed by atoms with Gasteiger partial charge in [0.2, 0.25) is 0 Å². The first-order valence-electron chi connectivity index (χ1n) is 4.91. The predicted molar refractivity (Wildman–Crippen MR) is 52.3 cm³/mol. The summed E-state index contributed by atoms with van der Waals surface area (Å²) in [7, 11) is 1.54. The lowest BCUT2D eigenvalue weighted by Crippen LogP contribution is -2.36. The number of hydrogen-bond acceptors (Lipinski definition) is 5. The lowest BCUT2D eigenvalue weighted by molar-refractivity contribution is -0.167. The maximum absolute atomic E-state index is 10.8. The molecule has 0 radical (unpaired) electrons. The van der Waals surface area contributed by atoms with E-state index in [0.717, 1.165) is 6.29 Å². The summed E-state index contributed by atoms with van der Waals surface area (Å²) >= 11 is 0. The number of carbonyl (C=O) groups is 1. The van der Waals surface area contributed by atoms with E-state index < -0.39 is 11.9 Å². The Balaban J connectivity index is 2.55. The first-order valence-corrected chi connectivity index (χ1v) is 4.91. The van der Waals surface area contributed by atoms with Crippen molar-refractivity contribution >= 4 is 6.29 Å². The second kappa shape index (κ2) is 5.03. The highest BCUT2D eigenvalue weighted by molar-refractivity contribution is 5.58. The van der Waals surface area contributed by atoms with Crippen LogP contribution < -0.4 is 0 Å². The molecule has 15 heavy (non-hydrogen) atoms. The Morgan fingerprint density at radius 2 is 2.13 bits per heavy atom. The zero-order chi connectivity index (χ0) is 11.5. The van der Waals surface area contributed by atoms with Gasteiger partial charge in [-0.25, -0.2) is 0 Å². The second-order valence-corrected chi connectivity index (χ2v) is 3.98. The van der Waals surface area contributed by atoms with Gasteiger partial charge >= 0.3 is 0 Å². The molecule has 1 aliphatic heterocycles. The molecule has 3 atom stereocenters.